The number of ether oxygens (including phenoxy) is 4. The Morgan fingerprint density at radius 1 is 0.540 bits per heavy atom. The average Bonchev–Trinajstić information content (AvgIpc) is 3.15. The molecule has 0 saturated carbocycles. The molecule has 0 N–H and O–H groups in total. The molecule has 0 aliphatic rings. The third-order valence-corrected chi connectivity index (χ3v) is 8.33. The van der Waals surface area contributed by atoms with Crippen molar-refractivity contribution in [1.29, 1.82) is 0 Å². The average molecular weight is 673 g/mol. The van der Waals surface area contributed by atoms with Gasteiger partial charge in [-0.1, -0.05) is 109 Å². The van der Waals surface area contributed by atoms with Crippen LogP contribution in [0.25, 0.3) is 0 Å². The van der Waals surface area contributed by atoms with Crippen molar-refractivity contribution in [2.24, 2.45) is 0 Å². The second-order valence-electron chi connectivity index (χ2n) is 12.2. The summed E-state index contributed by atoms with van der Waals surface area (Å²) in [5, 5.41) is 0. The van der Waals surface area contributed by atoms with E-state index < -0.39 is 11.9 Å². The van der Waals surface area contributed by atoms with Gasteiger partial charge in [0.2, 0.25) is 0 Å². The Labute approximate surface area is 297 Å². The largest absolute Gasteiger partial charge is 0.428 e. The Balaban J connectivity index is 1.51. The Hall–Kier alpha value is -5.04. The molecule has 6 nitrogen and oxygen atoms in total. The summed E-state index contributed by atoms with van der Waals surface area (Å²) in [5.41, 5.74) is 3.94. The van der Waals surface area contributed by atoms with Gasteiger partial charge in [0.25, 0.3) is 0 Å². The maximum Gasteiger partial charge on any atom is 0.343 e. The lowest BCUT2D eigenvalue weighted by Gasteiger charge is -2.27. The SMILES string of the molecule is C=C(C[C@@H](C/C(=C/C)OC(=O)c1ccccc1)O[C@@H](C)c1ccccc1)C[C@H](C/C(=C\C)OC(=O)c1ccccc1)O[C@H](C)c1ccccc1. The van der Waals surface area contributed by atoms with Gasteiger partial charge >= 0.3 is 11.9 Å². The van der Waals surface area contributed by atoms with Crippen LogP contribution in [0.1, 0.15) is 97.4 Å². The number of carbonyl (C=O) groups excluding carboxylic acids is 2. The molecule has 4 rings (SSSR count). The third-order valence-electron chi connectivity index (χ3n) is 8.33. The first kappa shape index (κ1) is 37.8. The second-order valence-corrected chi connectivity index (χ2v) is 12.2. The predicted octanol–water partition coefficient (Wildman–Crippen LogP) is 10.9. The van der Waals surface area contributed by atoms with Crippen LogP contribution < -0.4 is 0 Å². The van der Waals surface area contributed by atoms with Crippen molar-refractivity contribution in [1.82, 2.24) is 0 Å². The molecule has 0 heterocycles. The van der Waals surface area contributed by atoms with Gasteiger partial charge in [0, 0.05) is 12.8 Å². The first-order valence-corrected chi connectivity index (χ1v) is 17.2. The highest BCUT2D eigenvalue weighted by Gasteiger charge is 2.24. The summed E-state index contributed by atoms with van der Waals surface area (Å²) in [5.74, 6) is 0.206. The first-order chi connectivity index (χ1) is 24.2. The van der Waals surface area contributed by atoms with Gasteiger partial charge in [-0.25, -0.2) is 9.59 Å². The topological polar surface area (TPSA) is 71.1 Å². The van der Waals surface area contributed by atoms with Crippen LogP contribution in [0.3, 0.4) is 0 Å². The van der Waals surface area contributed by atoms with E-state index in [0.717, 1.165) is 16.7 Å². The van der Waals surface area contributed by atoms with Gasteiger partial charge in [0.15, 0.2) is 0 Å². The summed E-state index contributed by atoms with van der Waals surface area (Å²) >= 11 is 0. The molecule has 0 saturated heterocycles. The quantitative estimate of drug-likeness (QED) is 0.0595. The minimum absolute atomic E-state index is 0.214. The smallest absolute Gasteiger partial charge is 0.343 e. The lowest BCUT2D eigenvalue weighted by molar-refractivity contribution is -0.0187. The fourth-order valence-corrected chi connectivity index (χ4v) is 5.64. The third kappa shape index (κ3) is 12.1. The maximum atomic E-state index is 12.9. The summed E-state index contributed by atoms with van der Waals surface area (Å²) in [6, 6.07) is 37.9. The van der Waals surface area contributed by atoms with Crippen LogP contribution >= 0.6 is 0 Å². The highest BCUT2D eigenvalue weighted by atomic mass is 16.5. The molecule has 0 aliphatic carbocycles. The molecule has 0 amide bonds. The highest BCUT2D eigenvalue weighted by Crippen LogP contribution is 2.30. The van der Waals surface area contributed by atoms with E-state index in [-0.39, 0.29) is 24.4 Å². The highest BCUT2D eigenvalue weighted by molar-refractivity contribution is 5.90. The zero-order chi connectivity index (χ0) is 35.7. The zero-order valence-electron chi connectivity index (χ0n) is 29.5. The van der Waals surface area contributed by atoms with E-state index in [2.05, 4.69) is 6.58 Å². The van der Waals surface area contributed by atoms with Gasteiger partial charge in [-0.2, -0.15) is 0 Å². The second kappa shape index (κ2) is 19.8. The van der Waals surface area contributed by atoms with Gasteiger partial charge < -0.3 is 18.9 Å². The van der Waals surface area contributed by atoms with Crippen molar-refractivity contribution in [2.45, 2.75) is 77.8 Å². The van der Waals surface area contributed by atoms with E-state index in [0.29, 0.717) is 48.3 Å². The van der Waals surface area contributed by atoms with Crippen molar-refractivity contribution in [3.05, 3.63) is 179 Å². The Bertz CT molecular complexity index is 1570. The van der Waals surface area contributed by atoms with E-state index in [1.165, 1.54) is 0 Å². The van der Waals surface area contributed by atoms with Crippen LogP contribution in [0.5, 0.6) is 0 Å². The standard InChI is InChI=1S/C44H48O6/c1-6-39(49-43(45)37-24-16-10-17-25-37)30-41(47-33(4)35-20-12-8-13-21-35)28-32(3)29-42(48-34(5)36-22-14-9-15-23-36)31-40(7-2)50-44(46)38-26-18-11-19-27-38/h6-27,33-34,41-42H,3,28-31H2,1-2,4-5H3/b39-6-,40-7+/t33-,34+,41-,42+/m0/s1. The monoisotopic (exact) mass is 672 g/mol. The van der Waals surface area contributed by atoms with Crippen LogP contribution in [0.2, 0.25) is 0 Å². The summed E-state index contributed by atoms with van der Waals surface area (Å²) in [4.78, 5) is 25.9. The van der Waals surface area contributed by atoms with Crippen LogP contribution in [-0.2, 0) is 18.9 Å². The summed E-state index contributed by atoms with van der Waals surface area (Å²) in [6.07, 6.45) is 4.20. The van der Waals surface area contributed by atoms with Crippen LogP contribution in [-0.4, -0.2) is 24.1 Å². The Morgan fingerprint density at radius 2 is 0.860 bits per heavy atom. The number of hydrogen-bond donors (Lipinski definition) is 0. The van der Waals surface area contributed by atoms with E-state index in [1.54, 1.807) is 36.4 Å². The Morgan fingerprint density at radius 3 is 1.18 bits per heavy atom. The van der Waals surface area contributed by atoms with Gasteiger partial charge in [0.05, 0.1) is 35.5 Å². The lowest BCUT2D eigenvalue weighted by atomic mass is 9.98. The molecular weight excluding hydrogens is 624 g/mol. The minimum Gasteiger partial charge on any atom is -0.428 e. The van der Waals surface area contributed by atoms with E-state index >= 15 is 0 Å². The van der Waals surface area contributed by atoms with Crippen LogP contribution in [0, 0.1) is 0 Å². The molecular formula is C44H48O6. The molecule has 4 aromatic rings. The van der Waals surface area contributed by atoms with Crippen molar-refractivity contribution in [2.75, 3.05) is 0 Å². The van der Waals surface area contributed by atoms with Gasteiger partial charge in [0.1, 0.15) is 11.5 Å². The van der Waals surface area contributed by atoms with Crippen molar-refractivity contribution >= 4 is 11.9 Å². The van der Waals surface area contributed by atoms with Crippen molar-refractivity contribution in [3.63, 3.8) is 0 Å². The first-order valence-electron chi connectivity index (χ1n) is 17.2. The number of allylic oxidation sites excluding steroid dienone is 2. The minimum atomic E-state index is -0.417. The lowest BCUT2D eigenvalue weighted by Crippen LogP contribution is -2.22. The number of esters is 2. The molecule has 0 fully saturated rings. The molecule has 0 bridgehead atoms. The molecule has 50 heavy (non-hydrogen) atoms. The fraction of sp³-hybridized carbons (Fsp3) is 0.273. The number of benzene rings is 4. The number of hydrogen-bond acceptors (Lipinski definition) is 6. The molecule has 0 unspecified atom stereocenters. The molecule has 0 aromatic heterocycles. The van der Waals surface area contributed by atoms with Gasteiger partial charge in [-0.3, -0.25) is 0 Å². The van der Waals surface area contributed by atoms with E-state index in [9.17, 15) is 9.59 Å². The summed E-state index contributed by atoms with van der Waals surface area (Å²) in [6.45, 7) is 12.2. The van der Waals surface area contributed by atoms with Gasteiger partial charge in [-0.15, -0.1) is 0 Å². The normalized spacial score (nSPS) is 14.2. The van der Waals surface area contributed by atoms with E-state index in [1.807, 2.05) is 125 Å². The van der Waals surface area contributed by atoms with Gasteiger partial charge in [-0.05, 0) is 88.1 Å². The van der Waals surface area contributed by atoms with E-state index in [4.69, 9.17) is 18.9 Å². The summed E-state index contributed by atoms with van der Waals surface area (Å²) < 4.78 is 25.0. The molecule has 4 aromatic carbocycles. The zero-order valence-corrected chi connectivity index (χ0v) is 29.5. The molecule has 260 valence electrons. The van der Waals surface area contributed by atoms with Crippen molar-refractivity contribution in [3.8, 4) is 0 Å². The summed E-state index contributed by atoms with van der Waals surface area (Å²) in [7, 11) is 0. The number of carbonyl (C=O) groups is 2. The molecule has 0 aliphatic heterocycles. The van der Waals surface area contributed by atoms with Crippen molar-refractivity contribution < 1.29 is 28.5 Å². The predicted molar refractivity (Wildman–Crippen MR) is 198 cm³/mol. The molecule has 6 heteroatoms. The number of rotatable bonds is 18. The van der Waals surface area contributed by atoms with Crippen LogP contribution in [0.4, 0.5) is 0 Å². The molecule has 0 radical (unpaired) electrons. The maximum absolute atomic E-state index is 12.9. The fourth-order valence-electron chi connectivity index (χ4n) is 5.64. The molecule has 0 spiro atoms. The van der Waals surface area contributed by atoms with Crippen LogP contribution in [0.15, 0.2) is 157 Å². The molecule has 4 atom stereocenters. The Kier molecular flexibility index (Phi) is 15.0.